The van der Waals surface area contributed by atoms with Crippen LogP contribution < -0.4 is 5.32 Å². The van der Waals surface area contributed by atoms with Crippen molar-refractivity contribution in [1.29, 1.82) is 0 Å². The van der Waals surface area contributed by atoms with E-state index < -0.39 is 0 Å². The number of hydrogen-bond donors (Lipinski definition) is 1. The van der Waals surface area contributed by atoms with Crippen molar-refractivity contribution in [3.8, 4) is 0 Å². The number of nitrogens with one attached hydrogen (secondary N) is 1. The lowest BCUT2D eigenvalue weighted by atomic mass is 10.1. The lowest BCUT2D eigenvalue weighted by Gasteiger charge is -2.16. The van der Waals surface area contributed by atoms with Crippen molar-refractivity contribution >= 4 is 0 Å². The standard InChI is InChI=1S/C14H21N3O2/c1-6-13-16-14(19-17-13)10(4)15-9(3)12-7-8(2)18-11(12)5/h7,9-10,15H,6H2,1-5H3/t9-,10+/m0/s1. The zero-order chi connectivity index (χ0) is 14.0. The van der Waals surface area contributed by atoms with Crippen LogP contribution in [0.15, 0.2) is 15.0 Å². The highest BCUT2D eigenvalue weighted by Crippen LogP contribution is 2.23. The Balaban J connectivity index is 2.06. The maximum atomic E-state index is 5.55. The summed E-state index contributed by atoms with van der Waals surface area (Å²) in [7, 11) is 0. The SMILES string of the molecule is CCc1noc([C@@H](C)N[C@@H](C)c2cc(C)oc2C)n1. The van der Waals surface area contributed by atoms with Crippen LogP contribution in [-0.4, -0.2) is 10.1 Å². The van der Waals surface area contributed by atoms with Crippen molar-refractivity contribution in [2.45, 2.75) is 53.1 Å². The normalized spacial score (nSPS) is 14.6. The molecule has 2 rings (SSSR count). The predicted molar refractivity (Wildman–Crippen MR) is 71.8 cm³/mol. The summed E-state index contributed by atoms with van der Waals surface area (Å²) in [5.74, 6) is 3.25. The Kier molecular flexibility index (Phi) is 4.04. The molecular formula is C14H21N3O2. The van der Waals surface area contributed by atoms with Gasteiger partial charge in [0.15, 0.2) is 5.82 Å². The molecule has 104 valence electrons. The monoisotopic (exact) mass is 263 g/mol. The van der Waals surface area contributed by atoms with E-state index >= 15 is 0 Å². The van der Waals surface area contributed by atoms with Crippen LogP contribution in [0.5, 0.6) is 0 Å². The highest BCUT2D eigenvalue weighted by atomic mass is 16.5. The molecule has 1 N–H and O–H groups in total. The minimum Gasteiger partial charge on any atom is -0.466 e. The molecular weight excluding hydrogens is 242 g/mol. The second-order valence-corrected chi connectivity index (χ2v) is 4.88. The molecule has 0 aliphatic heterocycles. The molecule has 0 unspecified atom stereocenters. The van der Waals surface area contributed by atoms with Gasteiger partial charge in [0, 0.05) is 18.0 Å². The molecule has 19 heavy (non-hydrogen) atoms. The molecule has 0 amide bonds. The first-order valence-corrected chi connectivity index (χ1v) is 6.66. The fourth-order valence-electron chi connectivity index (χ4n) is 2.20. The van der Waals surface area contributed by atoms with Crippen molar-refractivity contribution in [2.75, 3.05) is 0 Å². The smallest absolute Gasteiger partial charge is 0.243 e. The molecule has 0 radical (unpaired) electrons. The van der Waals surface area contributed by atoms with Gasteiger partial charge in [-0.15, -0.1) is 0 Å². The van der Waals surface area contributed by atoms with Gasteiger partial charge in [0.2, 0.25) is 5.89 Å². The first-order chi connectivity index (χ1) is 9.01. The Morgan fingerprint density at radius 3 is 2.53 bits per heavy atom. The maximum absolute atomic E-state index is 5.55. The lowest BCUT2D eigenvalue weighted by Crippen LogP contribution is -2.23. The topological polar surface area (TPSA) is 64.1 Å². The Morgan fingerprint density at radius 2 is 2.00 bits per heavy atom. The number of aromatic nitrogens is 2. The fourth-order valence-corrected chi connectivity index (χ4v) is 2.20. The first-order valence-electron chi connectivity index (χ1n) is 6.66. The molecule has 0 saturated heterocycles. The zero-order valence-electron chi connectivity index (χ0n) is 12.2. The fraction of sp³-hybridized carbons (Fsp3) is 0.571. The summed E-state index contributed by atoms with van der Waals surface area (Å²) >= 11 is 0. The number of nitrogens with zero attached hydrogens (tertiary/aromatic N) is 2. The van der Waals surface area contributed by atoms with Crippen LogP contribution in [-0.2, 0) is 6.42 Å². The minimum atomic E-state index is 0.0115. The number of hydrogen-bond acceptors (Lipinski definition) is 5. The summed E-state index contributed by atoms with van der Waals surface area (Å²) in [5.41, 5.74) is 1.17. The molecule has 0 fully saturated rings. The summed E-state index contributed by atoms with van der Waals surface area (Å²) in [6.07, 6.45) is 0.784. The highest BCUT2D eigenvalue weighted by Gasteiger charge is 2.19. The van der Waals surface area contributed by atoms with Gasteiger partial charge in [-0.3, -0.25) is 5.32 Å². The van der Waals surface area contributed by atoms with Gasteiger partial charge in [-0.05, 0) is 33.8 Å². The van der Waals surface area contributed by atoms with Gasteiger partial charge < -0.3 is 8.94 Å². The van der Waals surface area contributed by atoms with Crippen LogP contribution >= 0.6 is 0 Å². The van der Waals surface area contributed by atoms with Gasteiger partial charge in [-0.25, -0.2) is 0 Å². The third kappa shape index (κ3) is 3.04. The maximum Gasteiger partial charge on any atom is 0.243 e. The van der Waals surface area contributed by atoms with Gasteiger partial charge in [0.1, 0.15) is 11.5 Å². The van der Waals surface area contributed by atoms with Crippen molar-refractivity contribution in [2.24, 2.45) is 0 Å². The third-order valence-corrected chi connectivity index (χ3v) is 3.22. The Hall–Kier alpha value is -1.62. The van der Waals surface area contributed by atoms with E-state index in [-0.39, 0.29) is 12.1 Å². The van der Waals surface area contributed by atoms with Gasteiger partial charge in [-0.1, -0.05) is 12.1 Å². The van der Waals surface area contributed by atoms with Crippen LogP contribution in [0.2, 0.25) is 0 Å². The van der Waals surface area contributed by atoms with Crippen LogP contribution in [0.4, 0.5) is 0 Å². The quantitative estimate of drug-likeness (QED) is 0.897. The summed E-state index contributed by atoms with van der Waals surface area (Å²) in [6, 6.07) is 2.24. The molecule has 0 aliphatic rings. The van der Waals surface area contributed by atoms with E-state index in [9.17, 15) is 0 Å². The molecule has 0 aliphatic carbocycles. The van der Waals surface area contributed by atoms with Gasteiger partial charge >= 0.3 is 0 Å². The summed E-state index contributed by atoms with van der Waals surface area (Å²) in [4.78, 5) is 4.34. The van der Waals surface area contributed by atoms with Crippen LogP contribution in [0.1, 0.15) is 61.7 Å². The van der Waals surface area contributed by atoms with Crippen molar-refractivity contribution < 1.29 is 8.94 Å². The number of aryl methyl sites for hydroxylation is 3. The van der Waals surface area contributed by atoms with E-state index in [2.05, 4.69) is 28.4 Å². The van der Waals surface area contributed by atoms with Crippen molar-refractivity contribution in [1.82, 2.24) is 15.5 Å². The molecule has 2 atom stereocenters. The van der Waals surface area contributed by atoms with Gasteiger partial charge in [0.05, 0.1) is 6.04 Å². The zero-order valence-corrected chi connectivity index (χ0v) is 12.2. The average molecular weight is 263 g/mol. The van der Waals surface area contributed by atoms with Crippen LogP contribution in [0.3, 0.4) is 0 Å². The first kappa shape index (κ1) is 13.8. The van der Waals surface area contributed by atoms with E-state index in [1.54, 1.807) is 0 Å². The molecule has 2 aromatic heterocycles. The Labute approximate surface area is 113 Å². The van der Waals surface area contributed by atoms with Crippen LogP contribution in [0.25, 0.3) is 0 Å². The summed E-state index contributed by atoms with van der Waals surface area (Å²) < 4.78 is 10.8. The molecule has 0 aromatic carbocycles. The summed E-state index contributed by atoms with van der Waals surface area (Å²) in [6.45, 7) is 10.1. The molecule has 2 aromatic rings. The largest absolute Gasteiger partial charge is 0.466 e. The predicted octanol–water partition coefficient (Wildman–Crippen LogP) is 3.25. The molecule has 0 bridgehead atoms. The average Bonchev–Trinajstić information content (AvgIpc) is 2.95. The van der Waals surface area contributed by atoms with E-state index in [4.69, 9.17) is 8.94 Å². The highest BCUT2D eigenvalue weighted by molar-refractivity contribution is 5.23. The number of rotatable bonds is 5. The van der Waals surface area contributed by atoms with Crippen LogP contribution in [0, 0.1) is 13.8 Å². The molecule has 0 spiro atoms. The second-order valence-electron chi connectivity index (χ2n) is 4.88. The molecule has 5 nitrogen and oxygen atoms in total. The van der Waals surface area contributed by atoms with E-state index in [1.165, 1.54) is 5.56 Å². The summed E-state index contributed by atoms with van der Waals surface area (Å²) in [5, 5.41) is 7.36. The molecule has 5 heteroatoms. The van der Waals surface area contributed by atoms with E-state index in [0.29, 0.717) is 5.89 Å². The second kappa shape index (κ2) is 5.57. The Morgan fingerprint density at radius 1 is 1.26 bits per heavy atom. The molecule has 0 saturated carbocycles. The number of furan rings is 1. The lowest BCUT2D eigenvalue weighted by molar-refractivity contribution is 0.324. The Bertz CT molecular complexity index is 545. The van der Waals surface area contributed by atoms with Gasteiger partial charge in [0.25, 0.3) is 0 Å². The minimum absolute atomic E-state index is 0.0115. The van der Waals surface area contributed by atoms with E-state index in [0.717, 1.165) is 23.8 Å². The van der Waals surface area contributed by atoms with Crippen molar-refractivity contribution in [3.63, 3.8) is 0 Å². The van der Waals surface area contributed by atoms with Crippen molar-refractivity contribution in [3.05, 3.63) is 34.9 Å². The van der Waals surface area contributed by atoms with E-state index in [1.807, 2.05) is 27.7 Å². The molecule has 2 heterocycles. The third-order valence-electron chi connectivity index (χ3n) is 3.22. The van der Waals surface area contributed by atoms with Gasteiger partial charge in [-0.2, -0.15) is 4.98 Å².